The molecule has 5 rings (SSSR count). The van der Waals surface area contributed by atoms with Crippen molar-refractivity contribution in [3.05, 3.63) is 76.3 Å². The number of benzene rings is 2. The maximum Gasteiger partial charge on any atom is 0.274 e. The van der Waals surface area contributed by atoms with Gasteiger partial charge in [-0.05, 0) is 55.6 Å². The molecule has 158 valence electrons. The highest BCUT2D eigenvalue weighted by atomic mass is 16.1. The summed E-state index contributed by atoms with van der Waals surface area (Å²) in [6.45, 7) is 3.78. The molecule has 0 spiro atoms. The van der Waals surface area contributed by atoms with Crippen LogP contribution in [0.5, 0.6) is 0 Å². The van der Waals surface area contributed by atoms with E-state index in [2.05, 4.69) is 20.3 Å². The van der Waals surface area contributed by atoms with Gasteiger partial charge in [-0.25, -0.2) is 4.68 Å². The van der Waals surface area contributed by atoms with Gasteiger partial charge in [-0.3, -0.25) is 9.59 Å². The molecule has 2 N–H and O–H groups in total. The molecular weight excluding hydrogens is 390 g/mol. The number of nitrogens with one attached hydrogen (secondary N) is 2. The molecule has 0 saturated carbocycles. The van der Waals surface area contributed by atoms with Crippen molar-refractivity contribution in [3.8, 4) is 0 Å². The number of hydrogen-bond acceptors (Lipinski definition) is 4. The number of rotatable bonds is 6. The Kier molecular flexibility index (Phi) is 5.26. The van der Waals surface area contributed by atoms with E-state index in [4.69, 9.17) is 0 Å². The van der Waals surface area contributed by atoms with E-state index in [-0.39, 0.29) is 18.0 Å². The van der Waals surface area contributed by atoms with Gasteiger partial charge >= 0.3 is 0 Å². The molecule has 2 aromatic carbocycles. The molecule has 2 aromatic heterocycles. The lowest BCUT2D eigenvalue weighted by Crippen LogP contribution is -2.32. The predicted octanol–water partition coefficient (Wildman–Crippen LogP) is 2.90. The van der Waals surface area contributed by atoms with E-state index in [0.29, 0.717) is 23.2 Å². The topological polar surface area (TPSA) is 83.0 Å². The smallest absolute Gasteiger partial charge is 0.274 e. The highest BCUT2D eigenvalue weighted by Gasteiger charge is 2.15. The lowest BCUT2D eigenvalue weighted by molar-refractivity contribution is 0.0950. The lowest BCUT2D eigenvalue weighted by Gasteiger charge is -2.16. The van der Waals surface area contributed by atoms with Crippen molar-refractivity contribution in [2.24, 2.45) is 0 Å². The van der Waals surface area contributed by atoms with Gasteiger partial charge in [-0.1, -0.05) is 24.3 Å². The van der Waals surface area contributed by atoms with Gasteiger partial charge in [0, 0.05) is 29.2 Å². The Labute approximate surface area is 179 Å². The quantitative estimate of drug-likeness (QED) is 0.507. The molecule has 1 saturated heterocycles. The van der Waals surface area contributed by atoms with Gasteiger partial charge in [-0.2, -0.15) is 5.10 Å². The summed E-state index contributed by atoms with van der Waals surface area (Å²) in [5, 5.41) is 10.1. The maximum atomic E-state index is 12.9. The van der Waals surface area contributed by atoms with Crippen molar-refractivity contribution in [2.45, 2.75) is 25.9 Å². The molecule has 1 aliphatic rings. The third-order valence-corrected chi connectivity index (χ3v) is 6.00. The first-order chi connectivity index (χ1) is 15.2. The maximum absolute atomic E-state index is 12.9. The molecule has 7 heteroatoms. The standard InChI is InChI=1S/C24H25N5O2/c30-23(18-8-7-17-9-10-25-21(17)15-18)26-16-22-19-5-1-2-6-20(19)24(31)29(27-22)14-13-28-11-3-4-12-28/h1-2,5-10,15,25H,3-4,11-14,16H2,(H,26,30). The Balaban J connectivity index is 1.39. The second kappa shape index (κ2) is 8.35. The zero-order valence-electron chi connectivity index (χ0n) is 17.3. The molecule has 1 amide bonds. The van der Waals surface area contributed by atoms with E-state index in [1.165, 1.54) is 12.8 Å². The first kappa shape index (κ1) is 19.5. The van der Waals surface area contributed by atoms with Crippen molar-refractivity contribution in [3.63, 3.8) is 0 Å². The summed E-state index contributed by atoms with van der Waals surface area (Å²) in [4.78, 5) is 31.2. The molecule has 0 unspecified atom stereocenters. The monoisotopic (exact) mass is 415 g/mol. The third-order valence-electron chi connectivity index (χ3n) is 6.00. The Morgan fingerprint density at radius 2 is 1.84 bits per heavy atom. The summed E-state index contributed by atoms with van der Waals surface area (Å²) < 4.78 is 1.55. The minimum Gasteiger partial charge on any atom is -0.361 e. The fourth-order valence-corrected chi connectivity index (χ4v) is 4.28. The van der Waals surface area contributed by atoms with Gasteiger partial charge in [0.1, 0.15) is 0 Å². The molecule has 3 heterocycles. The number of carbonyl (C=O) groups excluding carboxylic acids is 1. The van der Waals surface area contributed by atoms with Crippen LogP contribution in [0.1, 0.15) is 28.9 Å². The first-order valence-electron chi connectivity index (χ1n) is 10.8. The van der Waals surface area contributed by atoms with Crippen LogP contribution in [0.3, 0.4) is 0 Å². The number of aromatic amines is 1. The van der Waals surface area contributed by atoms with Crippen LogP contribution in [-0.4, -0.2) is 45.2 Å². The zero-order chi connectivity index (χ0) is 21.2. The van der Waals surface area contributed by atoms with Gasteiger partial charge in [0.2, 0.25) is 0 Å². The second-order valence-electron chi connectivity index (χ2n) is 8.03. The van der Waals surface area contributed by atoms with Crippen LogP contribution in [-0.2, 0) is 13.1 Å². The fraction of sp³-hybridized carbons (Fsp3) is 0.292. The number of fused-ring (bicyclic) bond motifs is 2. The average Bonchev–Trinajstić information content (AvgIpc) is 3.49. The Bertz CT molecular complexity index is 1300. The Hall–Kier alpha value is -3.45. The van der Waals surface area contributed by atoms with Crippen LogP contribution in [0.15, 0.2) is 59.5 Å². The average molecular weight is 415 g/mol. The number of hydrogen-bond donors (Lipinski definition) is 2. The van der Waals surface area contributed by atoms with Gasteiger partial charge < -0.3 is 15.2 Å². The summed E-state index contributed by atoms with van der Waals surface area (Å²) >= 11 is 0. The highest BCUT2D eigenvalue weighted by Crippen LogP contribution is 2.16. The van der Waals surface area contributed by atoms with Crippen LogP contribution in [0.2, 0.25) is 0 Å². The van der Waals surface area contributed by atoms with E-state index < -0.39 is 0 Å². The van der Waals surface area contributed by atoms with Crippen molar-refractivity contribution in [1.82, 2.24) is 25.0 Å². The highest BCUT2D eigenvalue weighted by molar-refractivity contribution is 5.98. The van der Waals surface area contributed by atoms with Crippen LogP contribution >= 0.6 is 0 Å². The summed E-state index contributed by atoms with van der Waals surface area (Å²) in [7, 11) is 0. The third kappa shape index (κ3) is 3.96. The van der Waals surface area contributed by atoms with Gasteiger partial charge in [0.15, 0.2) is 0 Å². The molecule has 7 nitrogen and oxygen atoms in total. The Morgan fingerprint density at radius 3 is 2.68 bits per heavy atom. The summed E-state index contributed by atoms with van der Waals surface area (Å²) in [5.41, 5.74) is 2.13. The van der Waals surface area contributed by atoms with Crippen molar-refractivity contribution in [2.75, 3.05) is 19.6 Å². The molecule has 0 radical (unpaired) electrons. The Morgan fingerprint density at radius 1 is 1.03 bits per heavy atom. The molecular formula is C24H25N5O2. The minimum atomic E-state index is -0.169. The lowest BCUT2D eigenvalue weighted by atomic mass is 10.1. The van der Waals surface area contributed by atoms with E-state index >= 15 is 0 Å². The van der Waals surface area contributed by atoms with E-state index in [0.717, 1.165) is 35.9 Å². The van der Waals surface area contributed by atoms with Crippen LogP contribution in [0.25, 0.3) is 21.7 Å². The second-order valence-corrected chi connectivity index (χ2v) is 8.03. The molecule has 1 aliphatic heterocycles. The van der Waals surface area contributed by atoms with Gasteiger partial charge in [0.25, 0.3) is 11.5 Å². The molecule has 31 heavy (non-hydrogen) atoms. The van der Waals surface area contributed by atoms with Crippen molar-refractivity contribution in [1.29, 1.82) is 0 Å². The zero-order valence-corrected chi connectivity index (χ0v) is 17.3. The van der Waals surface area contributed by atoms with Crippen LogP contribution in [0, 0.1) is 0 Å². The number of amides is 1. The largest absolute Gasteiger partial charge is 0.361 e. The van der Waals surface area contributed by atoms with Crippen molar-refractivity contribution < 1.29 is 4.79 Å². The van der Waals surface area contributed by atoms with Crippen LogP contribution in [0.4, 0.5) is 0 Å². The SMILES string of the molecule is O=C(NCc1nn(CCN2CCCC2)c(=O)c2ccccc12)c1ccc2cc[nH]c2c1. The molecule has 0 atom stereocenters. The van der Waals surface area contributed by atoms with Crippen LogP contribution < -0.4 is 10.9 Å². The predicted molar refractivity (Wildman–Crippen MR) is 121 cm³/mol. The summed E-state index contributed by atoms with van der Waals surface area (Å²) in [6.07, 6.45) is 4.28. The number of carbonyl (C=O) groups is 1. The fourth-order valence-electron chi connectivity index (χ4n) is 4.28. The van der Waals surface area contributed by atoms with Crippen molar-refractivity contribution >= 4 is 27.6 Å². The molecule has 0 aliphatic carbocycles. The summed E-state index contributed by atoms with van der Waals surface area (Å²) in [6, 6.07) is 15.0. The number of aromatic nitrogens is 3. The molecule has 0 bridgehead atoms. The molecule has 4 aromatic rings. The number of H-pyrrole nitrogens is 1. The van der Waals surface area contributed by atoms with Gasteiger partial charge in [0.05, 0.1) is 24.2 Å². The van der Waals surface area contributed by atoms with E-state index in [1.807, 2.05) is 54.7 Å². The van der Waals surface area contributed by atoms with Gasteiger partial charge in [-0.15, -0.1) is 0 Å². The normalized spacial score (nSPS) is 14.5. The molecule has 1 fully saturated rings. The number of likely N-dealkylation sites (tertiary alicyclic amines) is 1. The minimum absolute atomic E-state index is 0.0814. The van der Waals surface area contributed by atoms with E-state index in [1.54, 1.807) is 4.68 Å². The summed E-state index contributed by atoms with van der Waals surface area (Å²) in [5.74, 6) is -0.169. The first-order valence-corrected chi connectivity index (χ1v) is 10.8. The number of nitrogens with zero attached hydrogens (tertiary/aromatic N) is 3. The van der Waals surface area contributed by atoms with E-state index in [9.17, 15) is 9.59 Å².